The van der Waals surface area contributed by atoms with Gasteiger partial charge >= 0.3 is 0 Å². The summed E-state index contributed by atoms with van der Waals surface area (Å²) >= 11 is 0. The Morgan fingerprint density at radius 3 is 2.58 bits per heavy atom. The number of aliphatic hydroxyl groups is 1. The number of benzene rings is 1. The first-order chi connectivity index (χ1) is 12.4. The third-order valence-electron chi connectivity index (χ3n) is 5.91. The number of nitrogens with zero attached hydrogens (tertiary/aromatic N) is 2. The number of rotatable bonds is 4. The minimum Gasteiger partial charge on any atom is -0.490 e. The molecule has 3 rings (SSSR count). The van der Waals surface area contributed by atoms with Crippen LogP contribution in [0.5, 0.6) is 5.75 Å². The van der Waals surface area contributed by atoms with Gasteiger partial charge in [0.1, 0.15) is 18.0 Å². The van der Waals surface area contributed by atoms with Crippen molar-refractivity contribution in [1.82, 2.24) is 9.80 Å². The van der Waals surface area contributed by atoms with Gasteiger partial charge in [-0.1, -0.05) is 18.9 Å². The third-order valence-corrected chi connectivity index (χ3v) is 5.91. The van der Waals surface area contributed by atoms with Gasteiger partial charge in [0, 0.05) is 32.6 Å². The lowest BCUT2D eigenvalue weighted by atomic mass is 10.0. The Labute approximate surface area is 156 Å². The van der Waals surface area contributed by atoms with E-state index in [2.05, 4.69) is 18.7 Å². The van der Waals surface area contributed by atoms with Crippen LogP contribution >= 0.6 is 0 Å². The number of hydrogen-bond donors (Lipinski definition) is 1. The van der Waals surface area contributed by atoms with E-state index in [9.17, 15) is 9.90 Å². The van der Waals surface area contributed by atoms with Gasteiger partial charge in [-0.2, -0.15) is 0 Å². The zero-order valence-electron chi connectivity index (χ0n) is 16.3. The van der Waals surface area contributed by atoms with Crippen molar-refractivity contribution in [2.24, 2.45) is 0 Å². The fourth-order valence-electron chi connectivity index (χ4n) is 4.15. The van der Waals surface area contributed by atoms with E-state index in [4.69, 9.17) is 4.74 Å². The summed E-state index contributed by atoms with van der Waals surface area (Å²) in [4.78, 5) is 16.1. The number of amides is 1. The van der Waals surface area contributed by atoms with Crippen LogP contribution in [0.15, 0.2) is 18.2 Å². The van der Waals surface area contributed by atoms with Crippen LogP contribution in [-0.2, 0) is 4.79 Å². The van der Waals surface area contributed by atoms with Crippen molar-refractivity contribution in [3.05, 3.63) is 29.3 Å². The number of carbonyl (C=O) groups excluding carboxylic acids is 1. The summed E-state index contributed by atoms with van der Waals surface area (Å²) < 4.78 is 5.96. The Bertz CT molecular complexity index is 642. The van der Waals surface area contributed by atoms with E-state index in [1.54, 1.807) is 11.8 Å². The molecule has 0 aromatic heterocycles. The molecule has 0 unspecified atom stereocenters. The van der Waals surface area contributed by atoms with Gasteiger partial charge in [0.25, 0.3) is 0 Å². The second kappa shape index (κ2) is 7.97. The zero-order valence-corrected chi connectivity index (χ0v) is 16.3. The van der Waals surface area contributed by atoms with E-state index in [-0.39, 0.29) is 12.5 Å². The topological polar surface area (TPSA) is 53.0 Å². The molecule has 2 aliphatic rings. The molecule has 1 amide bonds. The van der Waals surface area contributed by atoms with Crippen molar-refractivity contribution in [1.29, 1.82) is 0 Å². The van der Waals surface area contributed by atoms with Gasteiger partial charge in [-0.3, -0.25) is 9.69 Å². The molecule has 1 saturated carbocycles. The predicted octanol–water partition coefficient (Wildman–Crippen LogP) is 2.52. The SMILES string of the molecule is CC(=O)N1CCN(C2CCCC2)C[C@](O)(COc2ccc(C)c(C)c2)C1. The molecule has 1 N–H and O–H groups in total. The highest BCUT2D eigenvalue weighted by atomic mass is 16.5. The molecule has 2 fully saturated rings. The molecule has 5 heteroatoms. The van der Waals surface area contributed by atoms with Crippen molar-refractivity contribution in [3.63, 3.8) is 0 Å². The molecular weight excluding hydrogens is 328 g/mol. The summed E-state index contributed by atoms with van der Waals surface area (Å²) in [5.41, 5.74) is 1.35. The maximum absolute atomic E-state index is 12.0. The molecule has 26 heavy (non-hydrogen) atoms. The van der Waals surface area contributed by atoms with Gasteiger partial charge in [-0.15, -0.1) is 0 Å². The smallest absolute Gasteiger partial charge is 0.219 e. The van der Waals surface area contributed by atoms with E-state index < -0.39 is 5.60 Å². The number of β-amino-alcohol motifs (C(OH)–C–C–N with tert-alkyl or cyclic N) is 1. The molecule has 144 valence electrons. The highest BCUT2D eigenvalue weighted by Crippen LogP contribution is 2.27. The summed E-state index contributed by atoms with van der Waals surface area (Å²) in [7, 11) is 0. The number of aryl methyl sites for hydroxylation is 2. The maximum Gasteiger partial charge on any atom is 0.219 e. The van der Waals surface area contributed by atoms with E-state index in [1.165, 1.54) is 36.8 Å². The monoisotopic (exact) mass is 360 g/mol. The van der Waals surface area contributed by atoms with Gasteiger partial charge in [0.2, 0.25) is 5.91 Å². The number of carbonyl (C=O) groups is 1. The summed E-state index contributed by atoms with van der Waals surface area (Å²) in [6.07, 6.45) is 4.90. The van der Waals surface area contributed by atoms with Gasteiger partial charge in [-0.25, -0.2) is 0 Å². The first kappa shape index (κ1) is 19.2. The average molecular weight is 360 g/mol. The highest BCUT2D eigenvalue weighted by molar-refractivity contribution is 5.73. The molecule has 1 atom stereocenters. The van der Waals surface area contributed by atoms with Crippen LogP contribution in [0, 0.1) is 13.8 Å². The quantitative estimate of drug-likeness (QED) is 0.896. The Kier molecular flexibility index (Phi) is 5.88. The maximum atomic E-state index is 12.0. The van der Waals surface area contributed by atoms with E-state index in [0.29, 0.717) is 25.7 Å². The Morgan fingerprint density at radius 1 is 1.19 bits per heavy atom. The van der Waals surface area contributed by atoms with Crippen LogP contribution in [0.4, 0.5) is 0 Å². The third kappa shape index (κ3) is 4.57. The second-order valence-corrected chi connectivity index (χ2v) is 8.11. The highest BCUT2D eigenvalue weighted by Gasteiger charge is 2.39. The average Bonchev–Trinajstić information content (AvgIpc) is 3.07. The molecule has 0 bridgehead atoms. The molecule has 1 aliphatic carbocycles. The minimum absolute atomic E-state index is 0.0166. The standard InChI is InChI=1S/C21H32N2O3/c1-16-8-9-20(12-17(16)2)26-15-21(25)13-22(18(3)24)10-11-23(14-21)19-6-4-5-7-19/h8-9,12,19,25H,4-7,10-11,13-15H2,1-3H3/t21-/m0/s1. The largest absolute Gasteiger partial charge is 0.490 e. The molecule has 1 aromatic carbocycles. The van der Waals surface area contributed by atoms with Crippen molar-refractivity contribution in [2.45, 2.75) is 58.1 Å². The molecule has 1 saturated heterocycles. The first-order valence-electron chi connectivity index (χ1n) is 9.78. The van der Waals surface area contributed by atoms with Gasteiger partial charge < -0.3 is 14.7 Å². The molecule has 5 nitrogen and oxygen atoms in total. The summed E-state index contributed by atoms with van der Waals surface area (Å²) in [6, 6.07) is 6.51. The molecule has 0 radical (unpaired) electrons. The van der Waals surface area contributed by atoms with E-state index >= 15 is 0 Å². The van der Waals surface area contributed by atoms with E-state index in [1.807, 2.05) is 18.2 Å². The second-order valence-electron chi connectivity index (χ2n) is 8.11. The predicted molar refractivity (Wildman–Crippen MR) is 102 cm³/mol. The fourth-order valence-corrected chi connectivity index (χ4v) is 4.15. The normalized spacial score (nSPS) is 25.3. The zero-order chi connectivity index (χ0) is 18.7. The van der Waals surface area contributed by atoms with Crippen molar-refractivity contribution < 1.29 is 14.6 Å². The number of hydrogen-bond acceptors (Lipinski definition) is 4. The Morgan fingerprint density at radius 2 is 1.92 bits per heavy atom. The summed E-state index contributed by atoms with van der Waals surface area (Å²) in [6.45, 7) is 8.30. The molecule has 1 aromatic rings. The lowest BCUT2D eigenvalue weighted by molar-refractivity contribution is -0.132. The van der Waals surface area contributed by atoms with Crippen LogP contribution in [0.25, 0.3) is 0 Å². The first-order valence-corrected chi connectivity index (χ1v) is 9.78. The van der Waals surface area contributed by atoms with Crippen LogP contribution < -0.4 is 4.74 Å². The lowest BCUT2D eigenvalue weighted by Gasteiger charge is -2.35. The van der Waals surface area contributed by atoms with Gasteiger partial charge in [-0.05, 0) is 49.9 Å². The van der Waals surface area contributed by atoms with Crippen molar-refractivity contribution in [3.8, 4) is 5.75 Å². The van der Waals surface area contributed by atoms with Gasteiger partial charge in [0.05, 0.1) is 6.54 Å². The van der Waals surface area contributed by atoms with Crippen LogP contribution in [0.1, 0.15) is 43.7 Å². The summed E-state index contributed by atoms with van der Waals surface area (Å²) in [5, 5.41) is 11.3. The molecular formula is C21H32N2O3. The van der Waals surface area contributed by atoms with Gasteiger partial charge in [0.15, 0.2) is 0 Å². The molecule has 1 aliphatic heterocycles. The molecule has 1 heterocycles. The van der Waals surface area contributed by atoms with Crippen molar-refractivity contribution >= 4 is 5.91 Å². The fraction of sp³-hybridized carbons (Fsp3) is 0.667. The summed E-state index contributed by atoms with van der Waals surface area (Å²) in [5.74, 6) is 0.787. The molecule has 0 spiro atoms. The van der Waals surface area contributed by atoms with Crippen LogP contribution in [0.3, 0.4) is 0 Å². The Hall–Kier alpha value is -1.59. The van der Waals surface area contributed by atoms with E-state index in [0.717, 1.165) is 12.3 Å². The minimum atomic E-state index is -1.05. The van der Waals surface area contributed by atoms with Crippen LogP contribution in [-0.4, -0.2) is 65.2 Å². The lowest BCUT2D eigenvalue weighted by Crippen LogP contribution is -2.53. The van der Waals surface area contributed by atoms with Crippen molar-refractivity contribution in [2.75, 3.05) is 32.8 Å². The Balaban J connectivity index is 1.72. The van der Waals surface area contributed by atoms with Crippen LogP contribution in [0.2, 0.25) is 0 Å². The number of ether oxygens (including phenoxy) is 1.